The molecule has 178 valence electrons. The average molecular weight is 537 g/mol. The molecule has 0 saturated carbocycles. The summed E-state index contributed by atoms with van der Waals surface area (Å²) in [4.78, 5) is 17.9. The number of likely N-dealkylation sites (tertiary alicyclic amines) is 1. The van der Waals surface area contributed by atoms with Crippen molar-refractivity contribution in [2.75, 3.05) is 26.2 Å². The monoisotopic (exact) mass is 535 g/mol. The third kappa shape index (κ3) is 5.10. The molecule has 8 heteroatoms. The fourth-order valence-electron chi connectivity index (χ4n) is 5.06. The van der Waals surface area contributed by atoms with Crippen molar-refractivity contribution in [1.82, 2.24) is 14.5 Å². The predicted molar refractivity (Wildman–Crippen MR) is 137 cm³/mol. The molecule has 1 saturated heterocycles. The number of piperidine rings is 1. The quantitative estimate of drug-likeness (QED) is 0.433. The maximum absolute atomic E-state index is 12.5. The number of hydrogen-bond acceptors (Lipinski definition) is 4. The molecule has 0 unspecified atom stereocenters. The van der Waals surface area contributed by atoms with Crippen molar-refractivity contribution in [3.8, 4) is 11.5 Å². The molecule has 1 aromatic heterocycles. The standard InChI is InChI=1S/C25H30BrN3O3.ClH/c1-25(2)16-17-14-18(26)15-22(23(17)32-25)31-13-5-10-28-11-8-19(9-12-28)29-21-7-4-3-6-20(21)27-24(29)30;/h3-4,6-7,14-15,19H,5,8-13,16H2,1-2H3,(H,27,30);1H. The topological polar surface area (TPSA) is 59.5 Å². The number of para-hydroxylation sites is 2. The van der Waals surface area contributed by atoms with E-state index < -0.39 is 0 Å². The van der Waals surface area contributed by atoms with E-state index >= 15 is 0 Å². The molecule has 2 aliphatic rings. The van der Waals surface area contributed by atoms with Crippen molar-refractivity contribution in [1.29, 1.82) is 0 Å². The van der Waals surface area contributed by atoms with Crippen molar-refractivity contribution >= 4 is 39.4 Å². The third-order valence-corrected chi connectivity index (χ3v) is 6.97. The van der Waals surface area contributed by atoms with Crippen molar-refractivity contribution in [2.24, 2.45) is 0 Å². The van der Waals surface area contributed by atoms with Gasteiger partial charge in [0.15, 0.2) is 11.5 Å². The van der Waals surface area contributed by atoms with Gasteiger partial charge in [0.05, 0.1) is 17.6 Å². The van der Waals surface area contributed by atoms with Gasteiger partial charge in [-0.3, -0.25) is 4.57 Å². The zero-order valence-corrected chi connectivity index (χ0v) is 21.5. The summed E-state index contributed by atoms with van der Waals surface area (Å²) in [6, 6.07) is 12.3. The first kappa shape index (κ1) is 24.2. The zero-order chi connectivity index (χ0) is 22.3. The van der Waals surface area contributed by atoms with E-state index in [1.807, 2.05) is 34.9 Å². The Hall–Kier alpha value is -1.96. The van der Waals surface area contributed by atoms with Gasteiger partial charge in [-0.25, -0.2) is 4.79 Å². The number of imidazole rings is 1. The summed E-state index contributed by atoms with van der Waals surface area (Å²) < 4.78 is 15.2. The molecule has 33 heavy (non-hydrogen) atoms. The first-order chi connectivity index (χ1) is 15.4. The molecular formula is C25H31BrClN3O3. The molecular weight excluding hydrogens is 506 g/mol. The molecule has 0 atom stereocenters. The van der Waals surface area contributed by atoms with E-state index in [0.29, 0.717) is 6.61 Å². The van der Waals surface area contributed by atoms with Crippen LogP contribution in [0.2, 0.25) is 0 Å². The molecule has 6 nitrogen and oxygen atoms in total. The average Bonchev–Trinajstić information content (AvgIpc) is 3.25. The van der Waals surface area contributed by atoms with Crippen molar-refractivity contribution in [3.63, 3.8) is 0 Å². The Balaban J connectivity index is 0.00000259. The summed E-state index contributed by atoms with van der Waals surface area (Å²) in [5.41, 5.74) is 2.96. The highest BCUT2D eigenvalue weighted by Crippen LogP contribution is 2.43. The number of fused-ring (bicyclic) bond motifs is 2. The molecule has 2 aromatic carbocycles. The van der Waals surface area contributed by atoms with Crippen molar-refractivity contribution in [2.45, 2.75) is 51.2 Å². The Bertz CT molecular complexity index is 1180. The van der Waals surface area contributed by atoms with E-state index in [4.69, 9.17) is 9.47 Å². The normalized spacial score (nSPS) is 18.0. The minimum Gasteiger partial charge on any atom is -0.490 e. The maximum atomic E-state index is 12.5. The lowest BCUT2D eigenvalue weighted by Crippen LogP contribution is -2.37. The van der Waals surface area contributed by atoms with Gasteiger partial charge in [0.25, 0.3) is 0 Å². The van der Waals surface area contributed by atoms with Gasteiger partial charge in [0, 0.05) is 42.1 Å². The second-order valence-corrected chi connectivity index (χ2v) is 10.4. The summed E-state index contributed by atoms with van der Waals surface area (Å²) >= 11 is 3.60. The number of rotatable bonds is 6. The minimum atomic E-state index is -0.182. The van der Waals surface area contributed by atoms with Crippen LogP contribution in [0.25, 0.3) is 11.0 Å². The largest absolute Gasteiger partial charge is 0.490 e. The van der Waals surface area contributed by atoms with Crippen LogP contribution in [0.4, 0.5) is 0 Å². The lowest BCUT2D eigenvalue weighted by molar-refractivity contribution is 0.130. The van der Waals surface area contributed by atoms with E-state index in [2.05, 4.69) is 45.7 Å². The first-order valence-corrected chi connectivity index (χ1v) is 12.2. The zero-order valence-electron chi connectivity index (χ0n) is 19.1. The van der Waals surface area contributed by atoms with Gasteiger partial charge in [-0.2, -0.15) is 0 Å². The summed E-state index contributed by atoms with van der Waals surface area (Å²) in [6.07, 6.45) is 3.84. The second kappa shape index (κ2) is 9.72. The van der Waals surface area contributed by atoms with Crippen molar-refractivity contribution < 1.29 is 9.47 Å². The van der Waals surface area contributed by atoms with E-state index in [9.17, 15) is 4.79 Å². The SMILES string of the molecule is CC1(C)Cc2cc(Br)cc(OCCCN3CCC(n4c(=O)[nH]c5ccccc54)CC3)c2O1.Cl. The Kier molecular flexibility index (Phi) is 7.12. The van der Waals surface area contributed by atoms with Gasteiger partial charge in [-0.05, 0) is 57.4 Å². The molecule has 5 rings (SSSR count). The second-order valence-electron chi connectivity index (χ2n) is 9.52. The van der Waals surface area contributed by atoms with Gasteiger partial charge in [0.1, 0.15) is 5.60 Å². The molecule has 0 amide bonds. The van der Waals surface area contributed by atoms with E-state index in [0.717, 1.165) is 72.3 Å². The molecule has 0 aliphatic carbocycles. The van der Waals surface area contributed by atoms with Gasteiger partial charge in [-0.1, -0.05) is 28.1 Å². The van der Waals surface area contributed by atoms with Crippen LogP contribution in [0, 0.1) is 0 Å². The fraction of sp³-hybridized carbons (Fsp3) is 0.480. The van der Waals surface area contributed by atoms with E-state index in [-0.39, 0.29) is 29.7 Å². The number of nitrogens with zero attached hydrogens (tertiary/aromatic N) is 2. The number of aromatic nitrogens is 2. The number of nitrogens with one attached hydrogen (secondary N) is 1. The van der Waals surface area contributed by atoms with Gasteiger partial charge >= 0.3 is 5.69 Å². The Morgan fingerprint density at radius 3 is 2.76 bits per heavy atom. The molecule has 3 heterocycles. The summed E-state index contributed by atoms with van der Waals surface area (Å²) in [6.45, 7) is 7.88. The van der Waals surface area contributed by atoms with Crippen LogP contribution in [-0.2, 0) is 6.42 Å². The Labute approximate surface area is 208 Å². The van der Waals surface area contributed by atoms with Crippen LogP contribution in [0.1, 0.15) is 44.7 Å². The minimum absolute atomic E-state index is 0. The molecule has 1 fully saturated rings. The third-order valence-electron chi connectivity index (χ3n) is 6.51. The number of aromatic amines is 1. The molecule has 3 aromatic rings. The molecule has 0 radical (unpaired) electrons. The highest BCUT2D eigenvalue weighted by atomic mass is 79.9. The van der Waals surface area contributed by atoms with Crippen LogP contribution in [0.5, 0.6) is 11.5 Å². The number of ether oxygens (including phenoxy) is 2. The van der Waals surface area contributed by atoms with Crippen LogP contribution in [0.3, 0.4) is 0 Å². The van der Waals surface area contributed by atoms with Gasteiger partial charge in [-0.15, -0.1) is 12.4 Å². The van der Waals surface area contributed by atoms with Crippen LogP contribution >= 0.6 is 28.3 Å². The molecule has 2 aliphatic heterocycles. The van der Waals surface area contributed by atoms with Crippen LogP contribution in [-0.4, -0.2) is 46.3 Å². The van der Waals surface area contributed by atoms with E-state index in [1.54, 1.807) is 0 Å². The number of hydrogen-bond donors (Lipinski definition) is 1. The van der Waals surface area contributed by atoms with Crippen LogP contribution < -0.4 is 15.2 Å². The number of H-pyrrole nitrogens is 1. The van der Waals surface area contributed by atoms with Gasteiger partial charge in [0.2, 0.25) is 0 Å². The summed E-state index contributed by atoms with van der Waals surface area (Å²) in [5.74, 6) is 1.72. The highest BCUT2D eigenvalue weighted by molar-refractivity contribution is 9.10. The highest BCUT2D eigenvalue weighted by Gasteiger charge is 2.33. The van der Waals surface area contributed by atoms with Crippen molar-refractivity contribution in [3.05, 3.63) is 56.9 Å². The number of benzene rings is 2. The molecule has 1 N–H and O–H groups in total. The smallest absolute Gasteiger partial charge is 0.326 e. The summed E-state index contributed by atoms with van der Waals surface area (Å²) in [5, 5.41) is 0. The first-order valence-electron chi connectivity index (χ1n) is 11.5. The summed E-state index contributed by atoms with van der Waals surface area (Å²) in [7, 11) is 0. The molecule has 0 spiro atoms. The van der Waals surface area contributed by atoms with Gasteiger partial charge < -0.3 is 19.4 Å². The fourth-order valence-corrected chi connectivity index (χ4v) is 5.54. The Morgan fingerprint density at radius 1 is 1.21 bits per heavy atom. The predicted octanol–water partition coefficient (Wildman–Crippen LogP) is 5.33. The number of halogens is 2. The maximum Gasteiger partial charge on any atom is 0.326 e. The Morgan fingerprint density at radius 2 is 1.97 bits per heavy atom. The van der Waals surface area contributed by atoms with E-state index in [1.165, 1.54) is 5.56 Å². The lowest BCUT2D eigenvalue weighted by Gasteiger charge is -2.32. The van der Waals surface area contributed by atoms with Crippen LogP contribution in [0.15, 0.2) is 45.7 Å². The molecule has 0 bridgehead atoms. The lowest BCUT2D eigenvalue weighted by atomic mass is 10.0.